The van der Waals surface area contributed by atoms with Gasteiger partial charge in [0, 0.05) is 0 Å². The molecule has 1 N–H and O–H groups in total. The second-order valence-corrected chi connectivity index (χ2v) is 4.61. The van der Waals surface area contributed by atoms with Gasteiger partial charge in [-0.1, -0.05) is 36.4 Å². The number of ether oxygens (including phenoxy) is 2. The van der Waals surface area contributed by atoms with E-state index in [0.29, 0.717) is 17.9 Å². The average molecular weight is 283 g/mol. The third kappa shape index (κ3) is 5.27. The fourth-order valence-electron chi connectivity index (χ4n) is 1.78. The van der Waals surface area contributed by atoms with Crippen LogP contribution in [0.25, 0.3) is 0 Å². The highest BCUT2D eigenvalue weighted by atomic mass is 16.5. The monoisotopic (exact) mass is 283 g/mol. The lowest BCUT2D eigenvalue weighted by molar-refractivity contribution is 0.00549. The maximum absolute atomic E-state index is 9.80. The molecule has 2 aromatic carbocycles. The van der Waals surface area contributed by atoms with Gasteiger partial charge < -0.3 is 14.6 Å². The van der Waals surface area contributed by atoms with Crippen LogP contribution in [-0.4, -0.2) is 24.4 Å². The fraction of sp³-hybridized carbons (Fsp3) is 0.235. The molecular formula is C17H17NO3. The minimum Gasteiger partial charge on any atom is -0.491 e. The molecule has 0 spiro atoms. The zero-order chi connectivity index (χ0) is 14.9. The Balaban J connectivity index is 1.70. The molecule has 21 heavy (non-hydrogen) atoms. The number of aliphatic hydroxyl groups excluding tert-OH is 1. The second kappa shape index (κ2) is 8.05. The summed E-state index contributed by atoms with van der Waals surface area (Å²) in [6, 6.07) is 18.6. The molecule has 0 aliphatic rings. The number of nitriles is 1. The highest BCUT2D eigenvalue weighted by molar-refractivity contribution is 5.36. The first-order valence-corrected chi connectivity index (χ1v) is 6.70. The van der Waals surface area contributed by atoms with E-state index in [1.54, 1.807) is 24.3 Å². The van der Waals surface area contributed by atoms with Crippen LogP contribution in [0, 0.1) is 11.3 Å². The van der Waals surface area contributed by atoms with Gasteiger partial charge in [0.15, 0.2) is 0 Å². The summed E-state index contributed by atoms with van der Waals surface area (Å²) < 4.78 is 10.9. The van der Waals surface area contributed by atoms with Crippen molar-refractivity contribution < 1.29 is 14.6 Å². The minimum atomic E-state index is -0.709. The minimum absolute atomic E-state index is 0.129. The van der Waals surface area contributed by atoms with Crippen molar-refractivity contribution in [3.05, 3.63) is 65.7 Å². The van der Waals surface area contributed by atoms with E-state index in [0.717, 1.165) is 5.56 Å². The summed E-state index contributed by atoms with van der Waals surface area (Å²) in [7, 11) is 0. The molecule has 1 unspecified atom stereocenters. The summed E-state index contributed by atoms with van der Waals surface area (Å²) in [6.45, 7) is 0.790. The molecule has 4 nitrogen and oxygen atoms in total. The first-order valence-electron chi connectivity index (χ1n) is 6.70. The molecule has 0 aliphatic heterocycles. The van der Waals surface area contributed by atoms with Gasteiger partial charge >= 0.3 is 0 Å². The van der Waals surface area contributed by atoms with Crippen LogP contribution in [0.2, 0.25) is 0 Å². The predicted octanol–water partition coefficient (Wildman–Crippen LogP) is 2.51. The molecule has 0 amide bonds. The molecule has 0 saturated carbocycles. The first-order chi connectivity index (χ1) is 10.3. The van der Waals surface area contributed by atoms with Crippen LogP contribution in [0.3, 0.4) is 0 Å². The molecule has 2 rings (SSSR count). The summed E-state index contributed by atoms with van der Waals surface area (Å²) in [5.41, 5.74) is 1.59. The lowest BCUT2D eigenvalue weighted by Gasteiger charge is -2.13. The van der Waals surface area contributed by atoms with Crippen LogP contribution in [0.4, 0.5) is 0 Å². The average Bonchev–Trinajstić information content (AvgIpc) is 2.54. The van der Waals surface area contributed by atoms with Crippen LogP contribution >= 0.6 is 0 Å². The Bertz CT molecular complexity index is 592. The lowest BCUT2D eigenvalue weighted by Crippen LogP contribution is -2.23. The standard InChI is InChI=1S/C17H17NO3/c18-10-15-7-4-8-17(9-15)21-13-16(19)12-20-11-14-5-2-1-3-6-14/h1-9,16,19H,11-13H2. The van der Waals surface area contributed by atoms with E-state index in [4.69, 9.17) is 14.7 Å². The topological polar surface area (TPSA) is 62.5 Å². The number of aliphatic hydroxyl groups is 1. The van der Waals surface area contributed by atoms with E-state index in [2.05, 4.69) is 0 Å². The summed E-state index contributed by atoms with van der Waals surface area (Å²) in [5, 5.41) is 18.6. The highest BCUT2D eigenvalue weighted by Crippen LogP contribution is 2.12. The molecule has 0 radical (unpaired) electrons. The summed E-state index contributed by atoms with van der Waals surface area (Å²) in [6.07, 6.45) is -0.709. The maximum Gasteiger partial charge on any atom is 0.120 e. The number of rotatable bonds is 7. The van der Waals surface area contributed by atoms with Crippen LogP contribution in [-0.2, 0) is 11.3 Å². The normalized spacial score (nSPS) is 11.6. The Morgan fingerprint density at radius 2 is 1.86 bits per heavy atom. The molecule has 4 heteroatoms. The van der Waals surface area contributed by atoms with E-state index in [9.17, 15) is 5.11 Å². The molecule has 0 aromatic heterocycles. The molecule has 1 atom stereocenters. The van der Waals surface area contributed by atoms with Crippen LogP contribution in [0.5, 0.6) is 5.75 Å². The first kappa shape index (κ1) is 15.0. The summed E-state index contributed by atoms with van der Waals surface area (Å²) in [4.78, 5) is 0. The van der Waals surface area contributed by atoms with Gasteiger partial charge in [0.1, 0.15) is 18.5 Å². The summed E-state index contributed by atoms with van der Waals surface area (Å²) >= 11 is 0. The van der Waals surface area contributed by atoms with Gasteiger partial charge in [-0.15, -0.1) is 0 Å². The van der Waals surface area contributed by atoms with Gasteiger partial charge in [-0.2, -0.15) is 5.26 Å². The molecule has 0 aliphatic carbocycles. The van der Waals surface area contributed by atoms with Crippen molar-refractivity contribution in [2.24, 2.45) is 0 Å². The molecular weight excluding hydrogens is 266 g/mol. The smallest absolute Gasteiger partial charge is 0.120 e. The van der Waals surface area contributed by atoms with Gasteiger partial charge in [-0.3, -0.25) is 0 Å². The van der Waals surface area contributed by atoms with Gasteiger partial charge in [-0.05, 0) is 23.8 Å². The van der Waals surface area contributed by atoms with E-state index >= 15 is 0 Å². The zero-order valence-electron chi connectivity index (χ0n) is 11.6. The Kier molecular flexibility index (Phi) is 5.77. The third-order valence-corrected chi connectivity index (χ3v) is 2.83. The van der Waals surface area contributed by atoms with Crippen molar-refractivity contribution in [2.45, 2.75) is 12.7 Å². The van der Waals surface area contributed by atoms with E-state index in [-0.39, 0.29) is 13.2 Å². The van der Waals surface area contributed by atoms with Gasteiger partial charge in [-0.25, -0.2) is 0 Å². The van der Waals surface area contributed by atoms with Crippen molar-refractivity contribution in [1.82, 2.24) is 0 Å². The van der Waals surface area contributed by atoms with E-state index in [1.807, 2.05) is 36.4 Å². The summed E-state index contributed by atoms with van der Waals surface area (Å²) in [5.74, 6) is 0.566. The Morgan fingerprint density at radius 1 is 1.05 bits per heavy atom. The highest BCUT2D eigenvalue weighted by Gasteiger charge is 2.06. The fourth-order valence-corrected chi connectivity index (χ4v) is 1.78. The Labute approximate surface area is 124 Å². The van der Waals surface area contributed by atoms with Crippen LogP contribution in [0.15, 0.2) is 54.6 Å². The number of nitrogens with zero attached hydrogens (tertiary/aromatic N) is 1. The van der Waals surface area contributed by atoms with Crippen molar-refractivity contribution in [1.29, 1.82) is 5.26 Å². The second-order valence-electron chi connectivity index (χ2n) is 4.61. The molecule has 0 fully saturated rings. The van der Waals surface area contributed by atoms with Crippen molar-refractivity contribution in [3.63, 3.8) is 0 Å². The number of hydrogen-bond acceptors (Lipinski definition) is 4. The maximum atomic E-state index is 9.80. The van der Waals surface area contributed by atoms with Crippen LogP contribution < -0.4 is 4.74 Å². The largest absolute Gasteiger partial charge is 0.491 e. The lowest BCUT2D eigenvalue weighted by atomic mass is 10.2. The van der Waals surface area contributed by atoms with Gasteiger partial charge in [0.25, 0.3) is 0 Å². The molecule has 0 heterocycles. The van der Waals surface area contributed by atoms with Crippen molar-refractivity contribution in [2.75, 3.05) is 13.2 Å². The van der Waals surface area contributed by atoms with E-state index in [1.165, 1.54) is 0 Å². The Morgan fingerprint density at radius 3 is 2.62 bits per heavy atom. The van der Waals surface area contributed by atoms with Gasteiger partial charge in [0.05, 0.1) is 24.8 Å². The Hall–Kier alpha value is -2.35. The number of benzene rings is 2. The van der Waals surface area contributed by atoms with Crippen molar-refractivity contribution in [3.8, 4) is 11.8 Å². The predicted molar refractivity (Wildman–Crippen MR) is 78.8 cm³/mol. The van der Waals surface area contributed by atoms with Crippen molar-refractivity contribution >= 4 is 0 Å². The third-order valence-electron chi connectivity index (χ3n) is 2.83. The van der Waals surface area contributed by atoms with Crippen LogP contribution in [0.1, 0.15) is 11.1 Å². The van der Waals surface area contributed by atoms with Gasteiger partial charge in [0.2, 0.25) is 0 Å². The van der Waals surface area contributed by atoms with E-state index < -0.39 is 6.10 Å². The molecule has 2 aromatic rings. The zero-order valence-corrected chi connectivity index (χ0v) is 11.6. The number of hydrogen-bond donors (Lipinski definition) is 1. The molecule has 0 bridgehead atoms. The SMILES string of the molecule is N#Cc1cccc(OCC(O)COCc2ccccc2)c1. The molecule has 0 saturated heterocycles. The quantitative estimate of drug-likeness (QED) is 0.848. The molecule has 108 valence electrons.